The van der Waals surface area contributed by atoms with Crippen LogP contribution in [0.15, 0.2) is 53.4 Å². The zero-order chi connectivity index (χ0) is 23.8. The fourth-order valence-electron chi connectivity index (χ4n) is 3.70. The van der Waals surface area contributed by atoms with Crippen molar-refractivity contribution in [2.24, 2.45) is 0 Å². The maximum Gasteiger partial charge on any atom is 0.310 e. The Hall–Kier alpha value is -3.02. The van der Waals surface area contributed by atoms with Crippen LogP contribution < -0.4 is 9.46 Å². The van der Waals surface area contributed by atoms with E-state index in [2.05, 4.69) is 9.62 Å². The van der Waals surface area contributed by atoms with Gasteiger partial charge in [-0.1, -0.05) is 30.3 Å². The van der Waals surface area contributed by atoms with E-state index in [-0.39, 0.29) is 23.3 Å². The Bertz CT molecular complexity index is 1080. The number of nitrogens with one attached hydrogen (secondary N) is 1. The van der Waals surface area contributed by atoms with E-state index in [0.29, 0.717) is 44.8 Å². The molecule has 0 radical (unpaired) electrons. The van der Waals surface area contributed by atoms with E-state index in [1.165, 1.54) is 31.4 Å². The van der Waals surface area contributed by atoms with Gasteiger partial charge in [0.2, 0.25) is 10.0 Å². The number of nitro groups is 1. The zero-order valence-corrected chi connectivity index (χ0v) is 19.1. The van der Waals surface area contributed by atoms with Crippen molar-refractivity contribution in [3.63, 3.8) is 0 Å². The van der Waals surface area contributed by atoms with Gasteiger partial charge in [0.1, 0.15) is 12.4 Å². The molecule has 1 saturated heterocycles. The van der Waals surface area contributed by atoms with Crippen molar-refractivity contribution in [3.8, 4) is 5.75 Å². The lowest BCUT2D eigenvalue weighted by Gasteiger charge is -2.32. The van der Waals surface area contributed by atoms with Crippen LogP contribution in [0.5, 0.6) is 5.75 Å². The first-order chi connectivity index (χ1) is 15.8. The fourth-order valence-corrected chi connectivity index (χ4v) is 5.17. The van der Waals surface area contributed by atoms with Crippen LogP contribution in [0, 0.1) is 10.1 Å². The number of hydrogen-bond acceptors (Lipinski definition) is 8. The molecule has 0 spiro atoms. The minimum atomic E-state index is -4.00. The zero-order valence-electron chi connectivity index (χ0n) is 18.3. The molecule has 0 bridgehead atoms. The molecule has 1 N–H and O–H groups in total. The molecule has 0 atom stereocenters. The first-order valence-electron chi connectivity index (χ1n) is 10.6. The van der Waals surface area contributed by atoms with Gasteiger partial charge < -0.3 is 9.47 Å². The molecule has 0 aliphatic carbocycles. The summed E-state index contributed by atoms with van der Waals surface area (Å²) in [5.74, 6) is 0.298. The van der Waals surface area contributed by atoms with Crippen molar-refractivity contribution in [2.45, 2.75) is 30.2 Å². The molecule has 0 aromatic heterocycles. The number of methoxy groups -OCH3 is 1. The van der Waals surface area contributed by atoms with Gasteiger partial charge in [-0.05, 0) is 38.1 Å². The van der Waals surface area contributed by atoms with Crippen molar-refractivity contribution >= 4 is 21.7 Å². The number of nitro benzene ring substituents is 1. The third-order valence-electron chi connectivity index (χ3n) is 5.46. The number of hydrogen-bond donors (Lipinski definition) is 1. The van der Waals surface area contributed by atoms with Crippen LogP contribution >= 0.6 is 0 Å². The van der Waals surface area contributed by atoms with Crippen LogP contribution in [0.4, 0.5) is 5.69 Å². The normalized spacial score (nSPS) is 15.2. The minimum Gasteiger partial charge on any atom is -0.492 e. The summed E-state index contributed by atoms with van der Waals surface area (Å²) in [4.78, 5) is 23.9. The molecule has 1 aliphatic heterocycles. The first kappa shape index (κ1) is 24.6. The van der Waals surface area contributed by atoms with Crippen molar-refractivity contribution in [1.29, 1.82) is 0 Å². The summed E-state index contributed by atoms with van der Waals surface area (Å²) in [5, 5.41) is 11.2. The second-order valence-corrected chi connectivity index (χ2v) is 9.35. The minimum absolute atomic E-state index is 0.137. The second kappa shape index (κ2) is 11.2. The monoisotopic (exact) mass is 477 g/mol. The molecule has 0 amide bonds. The first-order valence-corrected chi connectivity index (χ1v) is 12.0. The van der Waals surface area contributed by atoms with Crippen molar-refractivity contribution in [3.05, 3.63) is 64.2 Å². The maximum atomic E-state index is 12.7. The Balaban J connectivity index is 1.48. The SMILES string of the molecule is COC(=O)Cc1ccccc1OCCN1CCC(NS(=O)(=O)c2ccccc2[N+](=O)[O-])CC1. The van der Waals surface area contributed by atoms with Crippen LogP contribution in [0.3, 0.4) is 0 Å². The van der Waals surface area contributed by atoms with E-state index < -0.39 is 20.6 Å². The van der Waals surface area contributed by atoms with E-state index >= 15 is 0 Å². The molecular weight excluding hydrogens is 450 g/mol. The summed E-state index contributed by atoms with van der Waals surface area (Å²) in [6.45, 7) is 2.40. The highest BCUT2D eigenvalue weighted by Crippen LogP contribution is 2.24. The Labute approximate surface area is 192 Å². The number of esters is 1. The van der Waals surface area contributed by atoms with Gasteiger partial charge in [-0.15, -0.1) is 0 Å². The van der Waals surface area contributed by atoms with Gasteiger partial charge in [-0.2, -0.15) is 0 Å². The summed E-state index contributed by atoms with van der Waals surface area (Å²) in [6.07, 6.45) is 1.30. The molecule has 0 saturated carbocycles. The number of piperidine rings is 1. The number of rotatable bonds is 10. The lowest BCUT2D eigenvalue weighted by Crippen LogP contribution is -2.45. The maximum absolute atomic E-state index is 12.7. The van der Waals surface area contributed by atoms with Crippen LogP contribution in [-0.2, 0) is 26.0 Å². The number of likely N-dealkylation sites (tertiary alicyclic amines) is 1. The lowest BCUT2D eigenvalue weighted by atomic mass is 10.1. The van der Waals surface area contributed by atoms with E-state index in [1.807, 2.05) is 24.3 Å². The number of carbonyl (C=O) groups is 1. The van der Waals surface area contributed by atoms with Gasteiger partial charge in [0, 0.05) is 24.2 Å². The molecule has 1 fully saturated rings. The highest BCUT2D eigenvalue weighted by molar-refractivity contribution is 7.89. The number of para-hydroxylation sites is 2. The lowest BCUT2D eigenvalue weighted by molar-refractivity contribution is -0.387. The summed E-state index contributed by atoms with van der Waals surface area (Å²) in [5.41, 5.74) is 0.319. The second-order valence-electron chi connectivity index (χ2n) is 7.67. The standard InChI is InChI=1S/C22H27N3O7S/c1-31-22(26)16-17-6-2-4-8-20(17)32-15-14-24-12-10-18(11-13-24)23-33(29,30)21-9-5-3-7-19(21)25(27)28/h2-9,18,23H,10-16H2,1H3. The van der Waals surface area contributed by atoms with Crippen molar-refractivity contribution in [1.82, 2.24) is 9.62 Å². The summed E-state index contributed by atoms with van der Waals surface area (Å²) in [7, 11) is -2.65. The predicted octanol–water partition coefficient (Wildman–Crippen LogP) is 2.13. The van der Waals surface area contributed by atoms with E-state index in [0.717, 1.165) is 5.56 Å². The number of sulfonamides is 1. The van der Waals surface area contributed by atoms with Gasteiger partial charge in [-0.25, -0.2) is 13.1 Å². The number of nitrogens with zero attached hydrogens (tertiary/aromatic N) is 2. The van der Waals surface area contributed by atoms with Gasteiger partial charge in [0.15, 0.2) is 4.90 Å². The van der Waals surface area contributed by atoms with Gasteiger partial charge in [0.05, 0.1) is 18.5 Å². The molecule has 10 nitrogen and oxygen atoms in total. The summed E-state index contributed by atoms with van der Waals surface area (Å²) < 4.78 is 38.6. The Morgan fingerprint density at radius 3 is 2.52 bits per heavy atom. The van der Waals surface area contributed by atoms with Crippen LogP contribution in [0.1, 0.15) is 18.4 Å². The molecule has 178 valence electrons. The average molecular weight is 478 g/mol. The Morgan fingerprint density at radius 2 is 1.82 bits per heavy atom. The van der Waals surface area contributed by atoms with Gasteiger partial charge in [-0.3, -0.25) is 19.8 Å². The number of benzene rings is 2. The molecular formula is C22H27N3O7S. The highest BCUT2D eigenvalue weighted by Gasteiger charge is 2.29. The molecule has 2 aromatic carbocycles. The molecule has 2 aromatic rings. The summed E-state index contributed by atoms with van der Waals surface area (Å²) >= 11 is 0. The third-order valence-corrected chi connectivity index (χ3v) is 7.03. The Kier molecular flexibility index (Phi) is 8.37. The number of carbonyl (C=O) groups excluding carboxylic acids is 1. The molecule has 3 rings (SSSR count). The van der Waals surface area contributed by atoms with Crippen molar-refractivity contribution in [2.75, 3.05) is 33.4 Å². The predicted molar refractivity (Wildman–Crippen MR) is 121 cm³/mol. The smallest absolute Gasteiger partial charge is 0.310 e. The molecule has 1 heterocycles. The van der Waals surface area contributed by atoms with Crippen LogP contribution in [0.2, 0.25) is 0 Å². The molecule has 0 unspecified atom stereocenters. The van der Waals surface area contributed by atoms with Gasteiger partial charge in [0.25, 0.3) is 5.69 Å². The highest BCUT2D eigenvalue weighted by atomic mass is 32.2. The average Bonchev–Trinajstić information content (AvgIpc) is 2.81. The van der Waals surface area contributed by atoms with Gasteiger partial charge >= 0.3 is 5.97 Å². The third kappa shape index (κ3) is 6.73. The van der Waals surface area contributed by atoms with Crippen LogP contribution in [-0.4, -0.2) is 63.6 Å². The van der Waals surface area contributed by atoms with Crippen LogP contribution in [0.25, 0.3) is 0 Å². The van der Waals surface area contributed by atoms with E-state index in [9.17, 15) is 23.3 Å². The van der Waals surface area contributed by atoms with E-state index in [1.54, 1.807) is 0 Å². The Morgan fingerprint density at radius 1 is 1.15 bits per heavy atom. The quantitative estimate of drug-likeness (QED) is 0.313. The molecule has 1 aliphatic rings. The van der Waals surface area contributed by atoms with Crippen molar-refractivity contribution < 1.29 is 27.6 Å². The fraction of sp³-hybridized carbons (Fsp3) is 0.409. The largest absolute Gasteiger partial charge is 0.492 e. The topological polar surface area (TPSA) is 128 Å². The molecule has 11 heteroatoms. The molecule has 33 heavy (non-hydrogen) atoms. The summed E-state index contributed by atoms with van der Waals surface area (Å²) in [6, 6.07) is 12.3. The number of ether oxygens (including phenoxy) is 2. The van der Waals surface area contributed by atoms with E-state index in [4.69, 9.17) is 9.47 Å².